The number of likely N-dealkylation sites (tertiary alicyclic amines) is 1. The van der Waals surface area contributed by atoms with Gasteiger partial charge in [-0.05, 0) is 67.5 Å². The van der Waals surface area contributed by atoms with Crippen LogP contribution in [0.3, 0.4) is 0 Å². The minimum absolute atomic E-state index is 0.0447. The second-order valence-electron chi connectivity index (χ2n) is 8.43. The number of hydrogen-bond donors (Lipinski definition) is 0. The summed E-state index contributed by atoms with van der Waals surface area (Å²) >= 11 is 6.18. The van der Waals surface area contributed by atoms with Crippen LogP contribution in [0.15, 0.2) is 30.3 Å². The quantitative estimate of drug-likeness (QED) is 0.518. The molecule has 7 heteroatoms. The van der Waals surface area contributed by atoms with Crippen molar-refractivity contribution in [2.75, 3.05) is 26.8 Å². The molecule has 1 heterocycles. The molecule has 0 radical (unpaired) electrons. The van der Waals surface area contributed by atoms with Gasteiger partial charge < -0.3 is 9.47 Å². The Balaban J connectivity index is 1.40. The van der Waals surface area contributed by atoms with Crippen LogP contribution in [0.25, 0.3) is 0 Å². The molecule has 2 fully saturated rings. The second-order valence-corrected chi connectivity index (χ2v) is 8.83. The Morgan fingerprint density at radius 1 is 1.19 bits per heavy atom. The number of esters is 1. The van der Waals surface area contributed by atoms with Crippen molar-refractivity contribution in [1.82, 2.24) is 4.90 Å². The first kappa shape index (κ1) is 22.0. The van der Waals surface area contributed by atoms with Gasteiger partial charge in [-0.1, -0.05) is 17.7 Å². The molecule has 0 aromatic heterocycles. The molecule has 1 saturated carbocycles. The molecule has 0 amide bonds. The Morgan fingerprint density at radius 3 is 2.71 bits per heavy atom. The highest BCUT2D eigenvalue weighted by atomic mass is 35.5. The monoisotopic (exact) mass is 449 g/mol. The third-order valence-electron chi connectivity index (χ3n) is 6.01. The molecule has 0 spiro atoms. The van der Waals surface area contributed by atoms with Gasteiger partial charge in [0.2, 0.25) is 0 Å². The summed E-state index contributed by atoms with van der Waals surface area (Å²) in [6, 6.07) is 7.40. The normalized spacial score (nSPS) is 19.3. The van der Waals surface area contributed by atoms with Gasteiger partial charge in [0.25, 0.3) is 0 Å². The maximum Gasteiger partial charge on any atom is 0.340 e. The fraction of sp³-hybridized carbons (Fsp3) is 0.458. The average Bonchev–Trinajstić information content (AvgIpc) is 3.59. The van der Waals surface area contributed by atoms with Crippen molar-refractivity contribution in [3.63, 3.8) is 0 Å². The van der Waals surface area contributed by atoms with Crippen LogP contribution in [0, 0.1) is 17.6 Å². The number of halogens is 3. The molecule has 1 aliphatic heterocycles. The summed E-state index contributed by atoms with van der Waals surface area (Å²) in [6.45, 7) is 2.91. The number of benzene rings is 2. The van der Waals surface area contributed by atoms with Gasteiger partial charge in [-0.2, -0.15) is 0 Å². The maximum atomic E-state index is 14.5. The average molecular weight is 450 g/mol. The summed E-state index contributed by atoms with van der Waals surface area (Å²) in [4.78, 5) is 14.1. The lowest BCUT2D eigenvalue weighted by Gasteiger charge is -2.33. The zero-order valence-electron chi connectivity index (χ0n) is 17.5. The summed E-state index contributed by atoms with van der Waals surface area (Å²) in [7, 11) is 1.25. The van der Waals surface area contributed by atoms with Gasteiger partial charge >= 0.3 is 5.97 Å². The number of hydrogen-bond acceptors (Lipinski definition) is 4. The van der Waals surface area contributed by atoms with E-state index in [2.05, 4.69) is 9.64 Å². The molecule has 2 aliphatic rings. The lowest BCUT2D eigenvalue weighted by molar-refractivity contribution is 0.0595. The van der Waals surface area contributed by atoms with E-state index in [1.165, 1.54) is 25.3 Å². The van der Waals surface area contributed by atoms with Crippen LogP contribution in [0.1, 0.15) is 53.1 Å². The third-order valence-corrected chi connectivity index (χ3v) is 6.36. The summed E-state index contributed by atoms with van der Waals surface area (Å²) < 4.78 is 38.5. The molecular weight excluding hydrogens is 424 g/mol. The Bertz CT molecular complexity index is 964. The van der Waals surface area contributed by atoms with Gasteiger partial charge in [-0.15, -0.1) is 0 Å². The van der Waals surface area contributed by atoms with E-state index < -0.39 is 11.8 Å². The van der Waals surface area contributed by atoms with E-state index in [-0.39, 0.29) is 11.4 Å². The predicted octanol–water partition coefficient (Wildman–Crippen LogP) is 5.57. The van der Waals surface area contributed by atoms with Crippen molar-refractivity contribution < 1.29 is 23.0 Å². The van der Waals surface area contributed by atoms with Crippen molar-refractivity contribution in [3.8, 4) is 5.75 Å². The van der Waals surface area contributed by atoms with Crippen molar-refractivity contribution in [1.29, 1.82) is 0 Å². The van der Waals surface area contributed by atoms with Gasteiger partial charge in [0, 0.05) is 30.1 Å². The lowest BCUT2D eigenvalue weighted by Crippen LogP contribution is -2.37. The number of piperidine rings is 1. The Kier molecular flexibility index (Phi) is 6.77. The molecular formula is C24H26ClF2NO3. The minimum Gasteiger partial charge on any atom is -0.493 e. The van der Waals surface area contributed by atoms with Gasteiger partial charge in [0.15, 0.2) is 0 Å². The summed E-state index contributed by atoms with van der Waals surface area (Å²) in [5.74, 6) is -0.511. The van der Waals surface area contributed by atoms with Crippen LogP contribution in [-0.2, 0) is 11.3 Å². The van der Waals surface area contributed by atoms with Crippen LogP contribution in [-0.4, -0.2) is 37.7 Å². The number of ether oxygens (including phenoxy) is 2. The van der Waals surface area contributed by atoms with Crippen molar-refractivity contribution in [2.45, 2.75) is 38.1 Å². The van der Waals surface area contributed by atoms with E-state index in [0.29, 0.717) is 35.8 Å². The number of rotatable bonds is 7. The smallest absolute Gasteiger partial charge is 0.340 e. The molecule has 0 bridgehead atoms. The number of methoxy groups -OCH3 is 1. The van der Waals surface area contributed by atoms with Crippen molar-refractivity contribution >= 4 is 17.6 Å². The van der Waals surface area contributed by atoms with Crippen molar-refractivity contribution in [2.24, 2.45) is 5.92 Å². The zero-order valence-corrected chi connectivity index (χ0v) is 18.3. The van der Waals surface area contributed by atoms with Crippen LogP contribution in [0.4, 0.5) is 8.78 Å². The Hall–Kier alpha value is -2.18. The molecule has 2 aromatic rings. The topological polar surface area (TPSA) is 38.8 Å². The number of carbonyl (C=O) groups is 1. The molecule has 1 saturated heterocycles. The Labute approximate surface area is 186 Å². The maximum absolute atomic E-state index is 14.5. The molecule has 4 rings (SSSR count). The summed E-state index contributed by atoms with van der Waals surface area (Å²) in [5, 5.41) is 0.439. The van der Waals surface area contributed by atoms with Crippen LogP contribution >= 0.6 is 11.6 Å². The number of nitrogens with zero attached hydrogens (tertiary/aromatic N) is 1. The molecule has 0 N–H and O–H groups in total. The molecule has 166 valence electrons. The van der Waals surface area contributed by atoms with E-state index in [4.69, 9.17) is 16.3 Å². The molecule has 1 aliphatic carbocycles. The van der Waals surface area contributed by atoms with Crippen LogP contribution in [0.2, 0.25) is 5.02 Å². The van der Waals surface area contributed by atoms with E-state index in [0.717, 1.165) is 49.9 Å². The first-order chi connectivity index (χ1) is 14.9. The summed E-state index contributed by atoms with van der Waals surface area (Å²) in [6.07, 6.45) is 4.07. The predicted molar refractivity (Wildman–Crippen MR) is 115 cm³/mol. The molecule has 4 nitrogen and oxygen atoms in total. The minimum atomic E-state index is -0.673. The standard InChI is InChI=1S/C24H26ClF2NO3/c1-30-24(29)20-10-19(16-4-5-16)23(11-22(20)27)31-14-15-3-2-8-28(12-15)13-17-6-7-18(26)9-21(17)25/h6-7,9-11,15-16H,2-5,8,12-14H2,1H3. The van der Waals surface area contributed by atoms with Crippen molar-refractivity contribution in [3.05, 3.63) is 63.7 Å². The van der Waals surface area contributed by atoms with Crippen LogP contribution < -0.4 is 4.74 Å². The van der Waals surface area contributed by atoms with Gasteiger partial charge in [0.1, 0.15) is 17.4 Å². The summed E-state index contributed by atoms with van der Waals surface area (Å²) in [5.41, 5.74) is 1.74. The van der Waals surface area contributed by atoms with Crippen LogP contribution in [0.5, 0.6) is 5.75 Å². The van der Waals surface area contributed by atoms with Gasteiger partial charge in [0.05, 0.1) is 19.3 Å². The first-order valence-corrected chi connectivity index (χ1v) is 11.0. The fourth-order valence-electron chi connectivity index (χ4n) is 4.21. The van der Waals surface area contributed by atoms with Gasteiger partial charge in [-0.25, -0.2) is 13.6 Å². The second kappa shape index (κ2) is 9.53. The highest BCUT2D eigenvalue weighted by Crippen LogP contribution is 2.45. The first-order valence-electron chi connectivity index (χ1n) is 10.7. The van der Waals surface area contributed by atoms with E-state index in [1.54, 1.807) is 12.1 Å². The largest absolute Gasteiger partial charge is 0.493 e. The van der Waals surface area contributed by atoms with E-state index in [9.17, 15) is 13.6 Å². The highest BCUT2D eigenvalue weighted by molar-refractivity contribution is 6.31. The molecule has 1 unspecified atom stereocenters. The van der Waals surface area contributed by atoms with E-state index in [1.807, 2.05) is 0 Å². The fourth-order valence-corrected chi connectivity index (χ4v) is 4.43. The zero-order chi connectivity index (χ0) is 22.0. The SMILES string of the molecule is COC(=O)c1cc(C2CC2)c(OCC2CCCN(Cc3ccc(F)cc3Cl)C2)cc1F. The molecule has 2 aromatic carbocycles. The highest BCUT2D eigenvalue weighted by Gasteiger charge is 2.30. The molecule has 31 heavy (non-hydrogen) atoms. The van der Waals surface area contributed by atoms with Gasteiger partial charge in [-0.3, -0.25) is 4.90 Å². The number of carbonyl (C=O) groups excluding carboxylic acids is 1. The van der Waals surface area contributed by atoms with E-state index >= 15 is 0 Å². The third kappa shape index (κ3) is 5.36. The lowest BCUT2D eigenvalue weighted by atomic mass is 9.98. The molecule has 1 atom stereocenters. The Morgan fingerprint density at radius 2 is 2.00 bits per heavy atom.